The number of carbonyl (C=O) groups excluding carboxylic acids is 1. The van der Waals surface area contributed by atoms with Crippen molar-refractivity contribution >= 4 is 5.97 Å². The summed E-state index contributed by atoms with van der Waals surface area (Å²) in [5.41, 5.74) is 3.28. The van der Waals surface area contributed by atoms with Crippen molar-refractivity contribution in [1.29, 1.82) is 0 Å². The second kappa shape index (κ2) is 10.4. The number of rotatable bonds is 7. The van der Waals surface area contributed by atoms with E-state index in [0.717, 1.165) is 36.5 Å². The van der Waals surface area contributed by atoms with Crippen molar-refractivity contribution in [3.63, 3.8) is 0 Å². The summed E-state index contributed by atoms with van der Waals surface area (Å²) in [7, 11) is 0. The summed E-state index contributed by atoms with van der Waals surface area (Å²) in [4.78, 5) is 13.0. The van der Waals surface area contributed by atoms with Crippen LogP contribution in [0.4, 0.5) is 0 Å². The Bertz CT molecular complexity index is 1020. The molecule has 4 aliphatic carbocycles. The number of benzene rings is 1. The van der Waals surface area contributed by atoms with Crippen LogP contribution in [0.2, 0.25) is 0 Å². The van der Waals surface area contributed by atoms with Gasteiger partial charge in [-0.15, -0.1) is 0 Å². The monoisotopic (exact) mass is 518 g/mol. The van der Waals surface area contributed by atoms with Gasteiger partial charge in [-0.2, -0.15) is 0 Å². The average molecular weight is 519 g/mol. The number of fused-ring (bicyclic) bond motifs is 5. The van der Waals surface area contributed by atoms with Crippen LogP contribution in [0.25, 0.3) is 0 Å². The van der Waals surface area contributed by atoms with Crippen LogP contribution in [-0.4, -0.2) is 12.1 Å². The molecule has 0 aromatic heterocycles. The summed E-state index contributed by atoms with van der Waals surface area (Å²) in [6.45, 7) is 17.3. The Labute approximate surface area is 233 Å². The molecule has 1 aromatic carbocycles. The van der Waals surface area contributed by atoms with Crippen molar-refractivity contribution in [2.24, 2.45) is 51.8 Å². The zero-order chi connectivity index (χ0) is 27.3. The van der Waals surface area contributed by atoms with E-state index in [9.17, 15) is 4.79 Å². The van der Waals surface area contributed by atoms with Gasteiger partial charge in [0.2, 0.25) is 0 Å². The summed E-state index contributed by atoms with van der Waals surface area (Å²) in [6.07, 6.45) is 15.8. The quantitative estimate of drug-likeness (QED) is 0.265. The molecule has 0 N–H and O–H groups in total. The molecule has 2 heteroatoms. The Hall–Kier alpha value is -1.57. The molecule has 5 rings (SSSR count). The summed E-state index contributed by atoms with van der Waals surface area (Å²) in [6, 6.07) is 9.54. The SMILES string of the molecule is CC(C)CCC[C@@H](C)[C@H]1CC[C@H]2C3=CC[C@H]4C(C)(C)[C@@H](OC(=O)c5ccccc5)CC[C@]4(C)[C@H]3CC[C@]12C. The topological polar surface area (TPSA) is 26.3 Å². The average Bonchev–Trinajstić information content (AvgIpc) is 3.23. The summed E-state index contributed by atoms with van der Waals surface area (Å²) < 4.78 is 6.24. The van der Waals surface area contributed by atoms with E-state index < -0.39 is 0 Å². The summed E-state index contributed by atoms with van der Waals surface area (Å²) in [5.74, 6) is 4.45. The lowest BCUT2D eigenvalue weighted by molar-refractivity contribution is -0.129. The van der Waals surface area contributed by atoms with Crippen LogP contribution in [0.15, 0.2) is 42.0 Å². The van der Waals surface area contributed by atoms with Gasteiger partial charge in [-0.3, -0.25) is 0 Å². The second-order valence-electron chi connectivity index (χ2n) is 15.3. The van der Waals surface area contributed by atoms with Gasteiger partial charge in [-0.1, -0.05) is 97.6 Å². The smallest absolute Gasteiger partial charge is 0.338 e. The van der Waals surface area contributed by atoms with E-state index in [1.165, 1.54) is 51.4 Å². The molecule has 0 aliphatic heterocycles. The van der Waals surface area contributed by atoms with Gasteiger partial charge in [-0.25, -0.2) is 4.79 Å². The van der Waals surface area contributed by atoms with Crippen molar-refractivity contribution in [1.82, 2.24) is 0 Å². The normalized spacial score (nSPS) is 38.5. The van der Waals surface area contributed by atoms with Gasteiger partial charge in [0, 0.05) is 5.41 Å². The number of hydrogen-bond acceptors (Lipinski definition) is 2. The Morgan fingerprint density at radius 3 is 2.29 bits per heavy atom. The van der Waals surface area contributed by atoms with E-state index in [0.29, 0.717) is 28.2 Å². The van der Waals surface area contributed by atoms with Gasteiger partial charge in [0.05, 0.1) is 5.56 Å². The minimum atomic E-state index is -0.160. The molecule has 3 fully saturated rings. The molecule has 0 radical (unpaired) electrons. The molecule has 0 unspecified atom stereocenters. The largest absolute Gasteiger partial charge is 0.458 e. The van der Waals surface area contributed by atoms with Gasteiger partial charge >= 0.3 is 5.97 Å². The van der Waals surface area contributed by atoms with E-state index >= 15 is 0 Å². The minimum Gasteiger partial charge on any atom is -0.458 e. The standard InChI is InChI=1S/C36H54O2/c1-24(2)12-11-13-25(3)28-17-18-29-27-16-19-31-34(4,5)32(38-33(37)26-14-9-8-10-15-26)21-23-36(31,7)30(27)20-22-35(28,29)6/h8-10,14-16,24-25,28-32H,11-13,17-23H2,1-7H3/t25-,28-,29+,30+,31+,32+,35-,36-/m1/s1. The van der Waals surface area contributed by atoms with Crippen LogP contribution in [0, 0.1) is 51.8 Å². The maximum absolute atomic E-state index is 13.0. The van der Waals surface area contributed by atoms with Gasteiger partial charge in [0.15, 0.2) is 0 Å². The maximum Gasteiger partial charge on any atom is 0.338 e. The zero-order valence-corrected chi connectivity index (χ0v) is 25.4. The number of carbonyl (C=O) groups is 1. The van der Waals surface area contributed by atoms with Crippen molar-refractivity contribution in [3.05, 3.63) is 47.5 Å². The van der Waals surface area contributed by atoms with Crippen LogP contribution in [0.1, 0.15) is 123 Å². The van der Waals surface area contributed by atoms with Crippen molar-refractivity contribution in [2.75, 3.05) is 0 Å². The van der Waals surface area contributed by atoms with E-state index in [-0.39, 0.29) is 17.5 Å². The predicted octanol–water partition coefficient (Wildman–Crippen LogP) is 9.89. The fraction of sp³-hybridized carbons (Fsp3) is 0.750. The fourth-order valence-corrected chi connectivity index (χ4v) is 10.3. The molecular weight excluding hydrogens is 464 g/mol. The number of esters is 1. The first-order valence-electron chi connectivity index (χ1n) is 15.9. The summed E-state index contributed by atoms with van der Waals surface area (Å²) in [5, 5.41) is 0. The van der Waals surface area contributed by atoms with E-state index in [1.54, 1.807) is 0 Å². The molecule has 38 heavy (non-hydrogen) atoms. The van der Waals surface area contributed by atoms with Gasteiger partial charge in [0.25, 0.3) is 0 Å². The molecule has 8 atom stereocenters. The highest BCUT2D eigenvalue weighted by Crippen LogP contribution is 2.69. The Balaban J connectivity index is 1.32. The van der Waals surface area contributed by atoms with Crippen LogP contribution >= 0.6 is 0 Å². The fourth-order valence-electron chi connectivity index (χ4n) is 10.3. The van der Waals surface area contributed by atoms with E-state index in [2.05, 4.69) is 54.5 Å². The highest BCUT2D eigenvalue weighted by molar-refractivity contribution is 5.89. The number of allylic oxidation sites excluding steroid dienone is 2. The minimum absolute atomic E-state index is 0.0142. The van der Waals surface area contributed by atoms with Crippen molar-refractivity contribution in [3.8, 4) is 0 Å². The molecule has 3 saturated carbocycles. The lowest BCUT2D eigenvalue weighted by atomic mass is 9.43. The van der Waals surface area contributed by atoms with E-state index in [1.807, 2.05) is 35.9 Å². The Morgan fingerprint density at radius 1 is 0.895 bits per heavy atom. The molecule has 0 bridgehead atoms. The lowest BCUT2D eigenvalue weighted by Crippen LogP contribution is -2.57. The zero-order valence-electron chi connectivity index (χ0n) is 25.4. The third kappa shape index (κ3) is 4.71. The lowest BCUT2D eigenvalue weighted by Gasteiger charge is -2.62. The molecule has 4 aliphatic rings. The van der Waals surface area contributed by atoms with Crippen LogP contribution in [-0.2, 0) is 4.74 Å². The molecule has 210 valence electrons. The van der Waals surface area contributed by atoms with Gasteiger partial charge < -0.3 is 4.74 Å². The highest BCUT2D eigenvalue weighted by atomic mass is 16.5. The highest BCUT2D eigenvalue weighted by Gasteiger charge is 2.61. The van der Waals surface area contributed by atoms with E-state index in [4.69, 9.17) is 4.74 Å². The van der Waals surface area contributed by atoms with Gasteiger partial charge in [0.1, 0.15) is 6.10 Å². The first-order valence-corrected chi connectivity index (χ1v) is 15.9. The number of hydrogen-bond donors (Lipinski definition) is 0. The third-order valence-electron chi connectivity index (χ3n) is 12.4. The first-order chi connectivity index (χ1) is 18.0. The molecule has 0 amide bonds. The Morgan fingerprint density at radius 2 is 1.58 bits per heavy atom. The molecular formula is C36H54O2. The molecule has 0 heterocycles. The molecule has 1 aromatic rings. The predicted molar refractivity (Wildman–Crippen MR) is 158 cm³/mol. The number of ether oxygens (including phenoxy) is 1. The van der Waals surface area contributed by atoms with Crippen molar-refractivity contribution in [2.45, 2.75) is 119 Å². The third-order valence-corrected chi connectivity index (χ3v) is 12.4. The maximum atomic E-state index is 13.0. The van der Waals surface area contributed by atoms with Gasteiger partial charge in [-0.05, 0) is 103 Å². The van der Waals surface area contributed by atoms with Crippen LogP contribution < -0.4 is 0 Å². The Kier molecular flexibility index (Phi) is 7.69. The molecule has 2 nitrogen and oxygen atoms in total. The second-order valence-corrected chi connectivity index (χ2v) is 15.3. The van der Waals surface area contributed by atoms with Crippen LogP contribution in [0.5, 0.6) is 0 Å². The molecule has 0 spiro atoms. The van der Waals surface area contributed by atoms with Crippen molar-refractivity contribution < 1.29 is 9.53 Å². The summed E-state index contributed by atoms with van der Waals surface area (Å²) >= 11 is 0. The van der Waals surface area contributed by atoms with Crippen LogP contribution in [0.3, 0.4) is 0 Å². The first kappa shape index (κ1) is 28.0. The molecule has 0 saturated heterocycles.